The van der Waals surface area contributed by atoms with E-state index in [0.717, 1.165) is 21.3 Å². The van der Waals surface area contributed by atoms with E-state index in [1.165, 1.54) is 11.3 Å². The smallest absolute Gasteiger partial charge is 0.268 e. The van der Waals surface area contributed by atoms with Crippen LogP contribution < -0.4 is 10.5 Å². The Hall–Kier alpha value is -2.92. The standard InChI is InChI=1S/C22H20N2O2S/c1-3-23(15-10-6-5-7-11-15)22(26)19-14-17-20(27-19)16-12-8-9-13-18(16)24(4-2)21(17)25/h5-14H,3-4H2,1-2H3. The Morgan fingerprint density at radius 2 is 1.70 bits per heavy atom. The molecule has 4 aromatic rings. The summed E-state index contributed by atoms with van der Waals surface area (Å²) in [6.45, 7) is 5.08. The zero-order valence-corrected chi connectivity index (χ0v) is 16.1. The summed E-state index contributed by atoms with van der Waals surface area (Å²) in [6, 6.07) is 19.3. The molecule has 4 nitrogen and oxygen atoms in total. The van der Waals surface area contributed by atoms with Crippen LogP contribution in [0.1, 0.15) is 23.5 Å². The summed E-state index contributed by atoms with van der Waals surface area (Å²) in [5, 5.41) is 1.63. The van der Waals surface area contributed by atoms with Crippen molar-refractivity contribution in [3.63, 3.8) is 0 Å². The maximum atomic E-state index is 13.2. The zero-order valence-electron chi connectivity index (χ0n) is 15.3. The van der Waals surface area contributed by atoms with Gasteiger partial charge in [-0.2, -0.15) is 0 Å². The Morgan fingerprint density at radius 3 is 2.41 bits per heavy atom. The van der Waals surface area contributed by atoms with Crippen LogP contribution in [0.4, 0.5) is 5.69 Å². The lowest BCUT2D eigenvalue weighted by Gasteiger charge is -2.20. The molecule has 0 saturated heterocycles. The second-order valence-corrected chi connectivity index (χ2v) is 7.36. The Labute approximate surface area is 161 Å². The van der Waals surface area contributed by atoms with E-state index >= 15 is 0 Å². The van der Waals surface area contributed by atoms with Crippen LogP contribution in [0, 0.1) is 0 Å². The van der Waals surface area contributed by atoms with Gasteiger partial charge in [-0.15, -0.1) is 11.3 Å². The van der Waals surface area contributed by atoms with Crippen LogP contribution >= 0.6 is 11.3 Å². The molecule has 0 radical (unpaired) electrons. The molecule has 0 atom stereocenters. The van der Waals surface area contributed by atoms with Crippen molar-refractivity contribution in [3.05, 3.63) is 75.9 Å². The van der Waals surface area contributed by atoms with Crippen molar-refractivity contribution in [2.24, 2.45) is 0 Å². The van der Waals surface area contributed by atoms with Gasteiger partial charge in [0.05, 0.1) is 15.8 Å². The Balaban J connectivity index is 1.91. The summed E-state index contributed by atoms with van der Waals surface area (Å²) in [5.74, 6) is -0.0728. The SMILES string of the molecule is CCN(C(=O)c1cc2c(=O)n(CC)c3ccccc3c2s1)c1ccccc1. The van der Waals surface area contributed by atoms with Crippen LogP contribution in [0.5, 0.6) is 0 Å². The molecule has 0 aliphatic rings. The summed E-state index contributed by atoms with van der Waals surface area (Å²) >= 11 is 1.40. The minimum absolute atomic E-state index is 0.0377. The van der Waals surface area contributed by atoms with E-state index in [0.29, 0.717) is 23.4 Å². The minimum atomic E-state index is -0.0728. The van der Waals surface area contributed by atoms with Crippen molar-refractivity contribution in [1.29, 1.82) is 0 Å². The van der Waals surface area contributed by atoms with Crippen molar-refractivity contribution < 1.29 is 4.79 Å². The summed E-state index contributed by atoms with van der Waals surface area (Å²) in [6.07, 6.45) is 0. The van der Waals surface area contributed by atoms with Gasteiger partial charge in [-0.05, 0) is 38.1 Å². The number of para-hydroxylation sites is 2. The van der Waals surface area contributed by atoms with E-state index in [9.17, 15) is 9.59 Å². The number of benzene rings is 2. The number of fused-ring (bicyclic) bond motifs is 3. The van der Waals surface area contributed by atoms with Crippen molar-refractivity contribution in [3.8, 4) is 0 Å². The summed E-state index contributed by atoms with van der Waals surface area (Å²) in [4.78, 5) is 28.5. The number of rotatable bonds is 4. The van der Waals surface area contributed by atoms with Gasteiger partial charge in [0.1, 0.15) is 0 Å². The summed E-state index contributed by atoms with van der Waals surface area (Å²) in [5.41, 5.74) is 1.73. The number of carbonyl (C=O) groups excluding carboxylic acids is 1. The van der Waals surface area contributed by atoms with Gasteiger partial charge in [0.2, 0.25) is 0 Å². The molecule has 0 spiro atoms. The molecule has 4 rings (SSSR count). The van der Waals surface area contributed by atoms with E-state index in [1.54, 1.807) is 15.5 Å². The predicted octanol–water partition coefficient (Wildman–Crippen LogP) is 4.90. The van der Waals surface area contributed by atoms with Crippen LogP contribution in [0.15, 0.2) is 65.5 Å². The molecule has 0 fully saturated rings. The van der Waals surface area contributed by atoms with Gasteiger partial charge in [-0.25, -0.2) is 0 Å². The summed E-state index contributed by atoms with van der Waals surface area (Å²) < 4.78 is 2.65. The first-order valence-corrected chi connectivity index (χ1v) is 9.89. The van der Waals surface area contributed by atoms with Gasteiger partial charge >= 0.3 is 0 Å². The molecule has 0 aliphatic carbocycles. The molecule has 0 saturated carbocycles. The van der Waals surface area contributed by atoms with Gasteiger partial charge in [0.15, 0.2) is 0 Å². The minimum Gasteiger partial charge on any atom is -0.308 e. The first-order valence-electron chi connectivity index (χ1n) is 9.07. The van der Waals surface area contributed by atoms with Crippen LogP contribution in [0.2, 0.25) is 0 Å². The molecule has 136 valence electrons. The number of amides is 1. The molecule has 2 aromatic carbocycles. The molecular weight excluding hydrogens is 356 g/mol. The third-order valence-electron chi connectivity index (χ3n) is 4.80. The van der Waals surface area contributed by atoms with E-state index in [2.05, 4.69) is 0 Å². The second-order valence-electron chi connectivity index (χ2n) is 6.30. The predicted molar refractivity (Wildman–Crippen MR) is 113 cm³/mol. The second kappa shape index (κ2) is 7.00. The fourth-order valence-electron chi connectivity index (χ4n) is 3.51. The number of hydrogen-bond donors (Lipinski definition) is 0. The van der Waals surface area contributed by atoms with Gasteiger partial charge in [-0.1, -0.05) is 36.4 Å². The number of aromatic nitrogens is 1. The highest BCUT2D eigenvalue weighted by Gasteiger charge is 2.21. The van der Waals surface area contributed by atoms with Crippen LogP contribution in [0.25, 0.3) is 21.0 Å². The highest BCUT2D eigenvalue weighted by molar-refractivity contribution is 7.21. The average Bonchev–Trinajstić information content (AvgIpc) is 3.16. The average molecular weight is 376 g/mol. The molecule has 5 heteroatoms. The molecule has 0 bridgehead atoms. The number of carbonyl (C=O) groups is 1. The van der Waals surface area contributed by atoms with Crippen LogP contribution in [-0.2, 0) is 6.54 Å². The van der Waals surface area contributed by atoms with Crippen molar-refractivity contribution in [2.75, 3.05) is 11.4 Å². The van der Waals surface area contributed by atoms with Crippen molar-refractivity contribution in [2.45, 2.75) is 20.4 Å². The number of pyridine rings is 1. The van der Waals surface area contributed by atoms with Gasteiger partial charge < -0.3 is 9.47 Å². The van der Waals surface area contributed by atoms with E-state index in [1.807, 2.05) is 68.4 Å². The topological polar surface area (TPSA) is 42.3 Å². The monoisotopic (exact) mass is 376 g/mol. The number of anilines is 1. The number of thiophene rings is 1. The van der Waals surface area contributed by atoms with Crippen LogP contribution in [-0.4, -0.2) is 17.0 Å². The van der Waals surface area contributed by atoms with Gasteiger partial charge in [0, 0.05) is 28.9 Å². The number of nitrogens with zero attached hydrogens (tertiary/aromatic N) is 2. The lowest BCUT2D eigenvalue weighted by Crippen LogP contribution is -2.29. The molecule has 2 heterocycles. The highest BCUT2D eigenvalue weighted by atomic mass is 32.1. The molecule has 0 aliphatic heterocycles. The molecule has 2 aromatic heterocycles. The third-order valence-corrected chi connectivity index (χ3v) is 5.96. The highest BCUT2D eigenvalue weighted by Crippen LogP contribution is 2.32. The van der Waals surface area contributed by atoms with Gasteiger partial charge in [0.25, 0.3) is 11.5 Å². The lowest BCUT2D eigenvalue weighted by atomic mass is 10.1. The van der Waals surface area contributed by atoms with Crippen LogP contribution in [0.3, 0.4) is 0 Å². The zero-order chi connectivity index (χ0) is 19.0. The fraction of sp³-hybridized carbons (Fsp3) is 0.182. The van der Waals surface area contributed by atoms with E-state index < -0.39 is 0 Å². The number of hydrogen-bond acceptors (Lipinski definition) is 3. The van der Waals surface area contributed by atoms with Gasteiger partial charge in [-0.3, -0.25) is 9.59 Å². The Morgan fingerprint density at radius 1 is 1.00 bits per heavy atom. The quantitative estimate of drug-likeness (QED) is 0.508. The first-order chi connectivity index (χ1) is 13.2. The molecule has 1 amide bonds. The molecule has 0 unspecified atom stereocenters. The van der Waals surface area contributed by atoms with E-state index in [4.69, 9.17) is 0 Å². The van der Waals surface area contributed by atoms with Crippen molar-refractivity contribution in [1.82, 2.24) is 4.57 Å². The molecular formula is C22H20N2O2S. The maximum Gasteiger partial charge on any atom is 0.268 e. The largest absolute Gasteiger partial charge is 0.308 e. The Kier molecular flexibility index (Phi) is 4.54. The molecule has 0 N–H and O–H groups in total. The third kappa shape index (κ3) is 2.84. The first kappa shape index (κ1) is 17.5. The fourth-order valence-corrected chi connectivity index (χ4v) is 4.64. The van der Waals surface area contributed by atoms with E-state index in [-0.39, 0.29) is 11.5 Å². The maximum absolute atomic E-state index is 13.2. The Bertz CT molecular complexity index is 1190. The molecule has 27 heavy (non-hydrogen) atoms. The van der Waals surface area contributed by atoms with Crippen molar-refractivity contribution >= 4 is 43.9 Å². The number of aryl methyl sites for hydroxylation is 1. The summed E-state index contributed by atoms with van der Waals surface area (Å²) in [7, 11) is 0. The lowest BCUT2D eigenvalue weighted by molar-refractivity contribution is 0.0992. The normalized spacial score (nSPS) is 11.2.